The Hall–Kier alpha value is -1.81. The molecule has 1 aliphatic rings. The van der Waals surface area contributed by atoms with Gasteiger partial charge in [-0.05, 0) is 37.1 Å². The van der Waals surface area contributed by atoms with Gasteiger partial charge in [0.1, 0.15) is 10.7 Å². The summed E-state index contributed by atoms with van der Waals surface area (Å²) in [4.78, 5) is -0.190. The van der Waals surface area contributed by atoms with Gasteiger partial charge in [0, 0.05) is 19.1 Å². The van der Waals surface area contributed by atoms with Gasteiger partial charge >= 0.3 is 0 Å². The summed E-state index contributed by atoms with van der Waals surface area (Å²) >= 11 is 0. The molecule has 9 heteroatoms. The fourth-order valence-corrected chi connectivity index (χ4v) is 5.75. The Bertz CT molecular complexity index is 971. The van der Waals surface area contributed by atoms with Crippen molar-refractivity contribution in [1.29, 1.82) is 0 Å². The predicted molar refractivity (Wildman–Crippen MR) is 94.9 cm³/mol. The van der Waals surface area contributed by atoms with Crippen LogP contribution >= 0.6 is 0 Å². The summed E-state index contributed by atoms with van der Waals surface area (Å²) in [5.74, 6) is -0.792. The van der Waals surface area contributed by atoms with Crippen LogP contribution < -0.4 is 4.72 Å². The Labute approximate surface area is 152 Å². The van der Waals surface area contributed by atoms with Crippen LogP contribution in [0.4, 0.5) is 4.39 Å². The van der Waals surface area contributed by atoms with Crippen LogP contribution in [0.5, 0.6) is 0 Å². The van der Waals surface area contributed by atoms with Crippen molar-refractivity contribution in [1.82, 2.24) is 9.03 Å². The Morgan fingerprint density at radius 3 is 2.08 bits per heavy atom. The normalized spacial score (nSPS) is 17.3. The van der Waals surface area contributed by atoms with Gasteiger partial charge < -0.3 is 0 Å². The van der Waals surface area contributed by atoms with E-state index in [4.69, 9.17) is 0 Å². The first kappa shape index (κ1) is 19.0. The largest absolute Gasteiger partial charge is 0.245 e. The molecule has 2 aromatic carbocycles. The highest BCUT2D eigenvalue weighted by Gasteiger charge is 2.32. The highest BCUT2D eigenvalue weighted by atomic mass is 32.2. The van der Waals surface area contributed by atoms with Gasteiger partial charge in [-0.15, -0.1) is 0 Å². The quantitative estimate of drug-likeness (QED) is 0.835. The van der Waals surface area contributed by atoms with Crippen molar-refractivity contribution in [3.05, 3.63) is 60.4 Å². The Morgan fingerprint density at radius 1 is 0.885 bits per heavy atom. The third-order valence-corrected chi connectivity index (χ3v) is 7.75. The maximum absolute atomic E-state index is 13.8. The summed E-state index contributed by atoms with van der Waals surface area (Å²) in [6.45, 7) is 0.247. The van der Waals surface area contributed by atoms with Crippen LogP contribution in [0.2, 0.25) is 0 Å². The second-order valence-electron chi connectivity index (χ2n) is 6.04. The summed E-state index contributed by atoms with van der Waals surface area (Å²) < 4.78 is 67.5. The van der Waals surface area contributed by atoms with Crippen molar-refractivity contribution in [3.8, 4) is 0 Å². The van der Waals surface area contributed by atoms with E-state index in [1.807, 2.05) is 0 Å². The minimum atomic E-state index is -3.93. The van der Waals surface area contributed by atoms with Gasteiger partial charge in [-0.25, -0.2) is 25.9 Å². The van der Waals surface area contributed by atoms with Crippen molar-refractivity contribution in [2.45, 2.75) is 28.7 Å². The van der Waals surface area contributed by atoms with Crippen LogP contribution in [0, 0.1) is 5.82 Å². The second-order valence-corrected chi connectivity index (χ2v) is 9.66. The molecule has 1 fully saturated rings. The first-order chi connectivity index (χ1) is 12.3. The van der Waals surface area contributed by atoms with Gasteiger partial charge in [-0.1, -0.05) is 30.3 Å². The van der Waals surface area contributed by atoms with Crippen LogP contribution in [0.1, 0.15) is 12.8 Å². The van der Waals surface area contributed by atoms with Gasteiger partial charge in [-0.3, -0.25) is 0 Å². The molecule has 0 aromatic heterocycles. The van der Waals surface area contributed by atoms with Crippen LogP contribution in [0.15, 0.2) is 64.4 Å². The lowest BCUT2D eigenvalue weighted by Crippen LogP contribution is -2.46. The van der Waals surface area contributed by atoms with E-state index in [0.717, 1.165) is 6.07 Å². The molecule has 1 heterocycles. The van der Waals surface area contributed by atoms with Crippen molar-refractivity contribution in [2.24, 2.45) is 0 Å². The number of halogens is 1. The molecule has 3 rings (SSSR count). The SMILES string of the molecule is O=S(=O)(NC1CCN(S(=O)(=O)c2ccccc2F)CC1)c1ccccc1. The molecule has 0 spiro atoms. The van der Waals surface area contributed by atoms with E-state index >= 15 is 0 Å². The molecule has 0 atom stereocenters. The lowest BCUT2D eigenvalue weighted by atomic mass is 10.1. The number of rotatable bonds is 5. The van der Waals surface area contributed by atoms with E-state index in [0.29, 0.717) is 12.8 Å². The fourth-order valence-electron chi connectivity index (χ4n) is 2.89. The maximum atomic E-state index is 13.8. The molecule has 0 saturated carbocycles. The summed E-state index contributed by atoms with van der Waals surface area (Å²) in [6, 6.07) is 12.9. The highest BCUT2D eigenvalue weighted by molar-refractivity contribution is 7.89. The molecular formula is C17H19FN2O4S2. The number of sulfonamides is 2. The van der Waals surface area contributed by atoms with Crippen LogP contribution in [0.3, 0.4) is 0 Å². The summed E-state index contributed by atoms with van der Waals surface area (Å²) in [6.07, 6.45) is 0.638. The van der Waals surface area contributed by atoms with Crippen molar-refractivity contribution >= 4 is 20.0 Å². The number of nitrogens with zero attached hydrogens (tertiary/aromatic N) is 1. The lowest BCUT2D eigenvalue weighted by Gasteiger charge is -2.31. The van der Waals surface area contributed by atoms with Gasteiger partial charge in [0.2, 0.25) is 20.0 Å². The standard InChI is InChI=1S/C17H19FN2O4S2/c18-16-8-4-5-9-17(16)26(23,24)20-12-10-14(11-13-20)19-25(21,22)15-6-2-1-3-7-15/h1-9,14,19H,10-13H2. The monoisotopic (exact) mass is 398 g/mol. The van der Waals surface area contributed by atoms with E-state index in [9.17, 15) is 21.2 Å². The van der Waals surface area contributed by atoms with Gasteiger partial charge in [0.05, 0.1) is 4.90 Å². The molecule has 0 aliphatic carbocycles. The molecular weight excluding hydrogens is 379 g/mol. The zero-order valence-corrected chi connectivity index (χ0v) is 15.5. The molecule has 0 amide bonds. The van der Waals surface area contributed by atoms with Crippen LogP contribution in [0.25, 0.3) is 0 Å². The van der Waals surface area contributed by atoms with Crippen LogP contribution in [-0.2, 0) is 20.0 Å². The molecule has 26 heavy (non-hydrogen) atoms. The average molecular weight is 398 g/mol. The number of piperidine rings is 1. The molecule has 1 N–H and O–H groups in total. The molecule has 0 radical (unpaired) electrons. The summed E-state index contributed by atoms with van der Waals surface area (Å²) in [5, 5.41) is 0. The summed E-state index contributed by atoms with van der Waals surface area (Å²) in [7, 11) is -7.58. The number of nitrogens with one attached hydrogen (secondary N) is 1. The minimum absolute atomic E-state index is 0.124. The number of benzene rings is 2. The lowest BCUT2D eigenvalue weighted by molar-refractivity contribution is 0.307. The minimum Gasteiger partial charge on any atom is -0.208 e. The molecule has 0 bridgehead atoms. The predicted octanol–water partition coefficient (Wildman–Crippen LogP) is 1.96. The van der Waals surface area contributed by atoms with Crippen LogP contribution in [-0.4, -0.2) is 40.3 Å². The Balaban J connectivity index is 1.67. The molecule has 6 nitrogen and oxygen atoms in total. The van der Waals surface area contributed by atoms with E-state index in [1.54, 1.807) is 18.2 Å². The Morgan fingerprint density at radius 2 is 1.46 bits per heavy atom. The van der Waals surface area contributed by atoms with Crippen molar-refractivity contribution < 1.29 is 21.2 Å². The molecule has 1 aliphatic heterocycles. The molecule has 2 aromatic rings. The third kappa shape index (κ3) is 3.96. The number of hydrogen-bond donors (Lipinski definition) is 1. The maximum Gasteiger partial charge on any atom is 0.245 e. The number of hydrogen-bond acceptors (Lipinski definition) is 4. The molecule has 140 valence electrons. The zero-order valence-electron chi connectivity index (χ0n) is 13.9. The highest BCUT2D eigenvalue weighted by Crippen LogP contribution is 2.23. The van der Waals surface area contributed by atoms with Crippen molar-refractivity contribution in [2.75, 3.05) is 13.1 Å². The Kier molecular flexibility index (Phi) is 5.42. The van der Waals surface area contributed by atoms with E-state index in [1.165, 1.54) is 34.6 Å². The van der Waals surface area contributed by atoms with E-state index < -0.39 is 25.9 Å². The third-order valence-electron chi connectivity index (χ3n) is 4.28. The fraction of sp³-hybridized carbons (Fsp3) is 0.294. The second kappa shape index (κ2) is 7.43. The average Bonchev–Trinajstić information content (AvgIpc) is 2.63. The first-order valence-corrected chi connectivity index (χ1v) is 11.0. The van der Waals surface area contributed by atoms with E-state index in [2.05, 4.69) is 4.72 Å². The van der Waals surface area contributed by atoms with Crippen molar-refractivity contribution in [3.63, 3.8) is 0 Å². The van der Waals surface area contributed by atoms with Gasteiger partial charge in [0.25, 0.3) is 0 Å². The molecule has 0 unspecified atom stereocenters. The first-order valence-electron chi connectivity index (χ1n) is 8.13. The zero-order chi connectivity index (χ0) is 18.8. The molecule has 1 saturated heterocycles. The van der Waals surface area contributed by atoms with Gasteiger partial charge in [0.15, 0.2) is 0 Å². The van der Waals surface area contributed by atoms with E-state index in [-0.39, 0.29) is 28.9 Å². The summed E-state index contributed by atoms with van der Waals surface area (Å²) in [5.41, 5.74) is 0. The van der Waals surface area contributed by atoms with Gasteiger partial charge in [-0.2, -0.15) is 4.31 Å². The smallest absolute Gasteiger partial charge is 0.208 e. The topological polar surface area (TPSA) is 83.6 Å².